The van der Waals surface area contributed by atoms with Gasteiger partial charge in [-0.05, 0) is 24.0 Å². The number of nitro groups is 1. The summed E-state index contributed by atoms with van der Waals surface area (Å²) in [4.78, 5) is 33.8. The third-order valence-electron chi connectivity index (χ3n) is 4.33. The molecule has 0 fully saturated rings. The number of nitro benzene ring substituents is 1. The third-order valence-corrected chi connectivity index (χ3v) is 5.94. The van der Waals surface area contributed by atoms with Gasteiger partial charge in [0, 0.05) is 21.9 Å². The number of nitrogens with zero attached hydrogens (tertiary/aromatic N) is 3. The number of carbonyl (C=O) groups is 1. The van der Waals surface area contributed by atoms with Crippen molar-refractivity contribution in [2.75, 3.05) is 11.6 Å². The quantitative estimate of drug-likeness (QED) is 0.268. The van der Waals surface area contributed by atoms with E-state index in [1.54, 1.807) is 6.07 Å². The molecule has 0 spiro atoms. The minimum absolute atomic E-state index is 0.00916. The van der Waals surface area contributed by atoms with Gasteiger partial charge in [-0.15, -0.1) is 23.1 Å². The van der Waals surface area contributed by atoms with Crippen molar-refractivity contribution in [2.24, 2.45) is 0 Å². The third kappa shape index (κ3) is 3.69. The number of aromatic nitrogens is 2. The van der Waals surface area contributed by atoms with E-state index in [2.05, 4.69) is 15.3 Å². The molecule has 0 aliphatic carbocycles. The van der Waals surface area contributed by atoms with Gasteiger partial charge in [0.15, 0.2) is 0 Å². The number of thiophene rings is 1. The van der Waals surface area contributed by atoms with Gasteiger partial charge in [-0.25, -0.2) is 9.97 Å². The Balaban J connectivity index is 1.79. The molecule has 144 valence electrons. The summed E-state index contributed by atoms with van der Waals surface area (Å²) in [6, 6.07) is 14.2. The number of anilines is 1. The summed E-state index contributed by atoms with van der Waals surface area (Å²) in [7, 11) is 0. The molecule has 2 aromatic carbocycles. The molecule has 0 saturated heterocycles. The molecule has 1 amide bonds. The first kappa shape index (κ1) is 19.0. The van der Waals surface area contributed by atoms with Crippen LogP contribution < -0.4 is 5.32 Å². The number of hydrogen-bond donors (Lipinski definition) is 1. The van der Waals surface area contributed by atoms with Gasteiger partial charge >= 0.3 is 0 Å². The standard InChI is InChI=1S/C20H14N4O3S2/c1-28-13-7-8-16(24(26)27)14(9-13)19(25)23-18-17-15(12-5-3-2-4-6-12)10-29-20(17)22-11-21-18/h2-11H,1H3,(H,21,22,23,25). The second kappa shape index (κ2) is 7.98. The number of hydrogen-bond acceptors (Lipinski definition) is 7. The van der Waals surface area contributed by atoms with Crippen molar-refractivity contribution in [1.29, 1.82) is 0 Å². The predicted molar refractivity (Wildman–Crippen MR) is 116 cm³/mol. The number of amides is 1. The molecule has 9 heteroatoms. The lowest BCUT2D eigenvalue weighted by atomic mass is 10.1. The van der Waals surface area contributed by atoms with Crippen molar-refractivity contribution in [2.45, 2.75) is 4.90 Å². The Kier molecular flexibility index (Phi) is 5.24. The Bertz CT molecular complexity index is 1230. The predicted octanol–water partition coefficient (Wildman–Crippen LogP) is 5.24. The minimum atomic E-state index is -0.585. The minimum Gasteiger partial charge on any atom is -0.306 e. The zero-order valence-corrected chi connectivity index (χ0v) is 16.8. The van der Waals surface area contributed by atoms with Crippen LogP contribution in [0, 0.1) is 10.1 Å². The fourth-order valence-electron chi connectivity index (χ4n) is 2.96. The molecule has 4 rings (SSSR count). The molecule has 0 aliphatic rings. The summed E-state index contributed by atoms with van der Waals surface area (Å²) in [6.45, 7) is 0. The van der Waals surface area contributed by atoms with Gasteiger partial charge in [0.05, 0.1) is 10.3 Å². The van der Waals surface area contributed by atoms with Gasteiger partial charge in [-0.3, -0.25) is 14.9 Å². The lowest BCUT2D eigenvalue weighted by molar-refractivity contribution is -0.385. The summed E-state index contributed by atoms with van der Waals surface area (Å²) >= 11 is 2.85. The number of thioether (sulfide) groups is 1. The van der Waals surface area contributed by atoms with Gasteiger partial charge in [-0.2, -0.15) is 0 Å². The van der Waals surface area contributed by atoms with Gasteiger partial charge in [0.25, 0.3) is 11.6 Å². The summed E-state index contributed by atoms with van der Waals surface area (Å²) in [6.07, 6.45) is 3.21. The second-order valence-electron chi connectivity index (χ2n) is 6.01. The van der Waals surface area contributed by atoms with Crippen molar-refractivity contribution in [1.82, 2.24) is 9.97 Å². The maximum absolute atomic E-state index is 12.9. The van der Waals surface area contributed by atoms with Gasteiger partial charge in [0.1, 0.15) is 22.5 Å². The zero-order chi connectivity index (χ0) is 20.4. The number of benzene rings is 2. The SMILES string of the molecule is CSc1ccc([N+](=O)[O-])c(C(=O)Nc2ncnc3scc(-c4ccccc4)c23)c1. The summed E-state index contributed by atoms with van der Waals surface area (Å²) in [5.41, 5.74) is 1.61. The van der Waals surface area contributed by atoms with Crippen molar-refractivity contribution in [3.8, 4) is 11.1 Å². The van der Waals surface area contributed by atoms with Crippen LogP contribution in [0.15, 0.2) is 65.1 Å². The molecule has 29 heavy (non-hydrogen) atoms. The Labute approximate surface area is 174 Å². The van der Waals surface area contributed by atoms with Crippen LogP contribution in [-0.2, 0) is 0 Å². The molecule has 0 saturated carbocycles. The van der Waals surface area contributed by atoms with Crippen LogP contribution in [0.2, 0.25) is 0 Å². The molecule has 0 bridgehead atoms. The van der Waals surface area contributed by atoms with E-state index in [0.717, 1.165) is 20.9 Å². The highest BCUT2D eigenvalue weighted by molar-refractivity contribution is 7.98. The molecule has 4 aromatic rings. The topological polar surface area (TPSA) is 98.0 Å². The van der Waals surface area contributed by atoms with Crippen LogP contribution in [0.1, 0.15) is 10.4 Å². The summed E-state index contributed by atoms with van der Waals surface area (Å²) < 4.78 is 0. The molecular formula is C20H14N4O3S2. The van der Waals surface area contributed by atoms with Gasteiger partial charge in [0.2, 0.25) is 0 Å². The number of carbonyl (C=O) groups excluding carboxylic acids is 1. The second-order valence-corrected chi connectivity index (χ2v) is 7.75. The Morgan fingerprint density at radius 3 is 2.69 bits per heavy atom. The van der Waals surface area contributed by atoms with E-state index in [1.165, 1.54) is 41.6 Å². The van der Waals surface area contributed by atoms with Crippen LogP contribution in [-0.4, -0.2) is 27.1 Å². The van der Waals surface area contributed by atoms with Gasteiger partial charge < -0.3 is 5.32 Å². The fraction of sp³-hybridized carbons (Fsp3) is 0.0500. The van der Waals surface area contributed by atoms with E-state index in [1.807, 2.05) is 42.0 Å². The van der Waals surface area contributed by atoms with Crippen LogP contribution in [0.4, 0.5) is 11.5 Å². The molecule has 2 aromatic heterocycles. The first-order valence-electron chi connectivity index (χ1n) is 8.50. The Hall–Kier alpha value is -3.30. The Morgan fingerprint density at radius 1 is 1.17 bits per heavy atom. The van der Waals surface area contributed by atoms with E-state index < -0.39 is 10.8 Å². The average Bonchev–Trinajstić information content (AvgIpc) is 3.19. The van der Waals surface area contributed by atoms with E-state index in [-0.39, 0.29) is 11.3 Å². The first-order chi connectivity index (χ1) is 14.1. The zero-order valence-electron chi connectivity index (χ0n) is 15.2. The molecule has 0 unspecified atom stereocenters. The maximum Gasteiger partial charge on any atom is 0.282 e. The van der Waals surface area contributed by atoms with Crippen LogP contribution in [0.5, 0.6) is 0 Å². The molecular weight excluding hydrogens is 408 g/mol. The van der Waals surface area contributed by atoms with E-state index in [0.29, 0.717) is 11.2 Å². The number of nitrogens with one attached hydrogen (secondary N) is 1. The summed E-state index contributed by atoms with van der Waals surface area (Å²) in [5, 5.41) is 16.8. The smallest absolute Gasteiger partial charge is 0.282 e. The molecule has 0 atom stereocenters. The van der Waals surface area contributed by atoms with Gasteiger partial charge in [-0.1, -0.05) is 30.3 Å². The van der Waals surface area contributed by atoms with Crippen molar-refractivity contribution in [3.05, 3.63) is 75.9 Å². The largest absolute Gasteiger partial charge is 0.306 e. The molecule has 1 N–H and O–H groups in total. The van der Waals surface area contributed by atoms with E-state index >= 15 is 0 Å². The van der Waals surface area contributed by atoms with E-state index in [9.17, 15) is 14.9 Å². The van der Waals surface area contributed by atoms with Crippen LogP contribution in [0.25, 0.3) is 21.3 Å². The normalized spacial score (nSPS) is 10.8. The summed E-state index contributed by atoms with van der Waals surface area (Å²) in [5.74, 6) is -0.262. The highest BCUT2D eigenvalue weighted by Crippen LogP contribution is 2.36. The van der Waals surface area contributed by atoms with Crippen LogP contribution in [0.3, 0.4) is 0 Å². The monoisotopic (exact) mass is 422 g/mol. The highest BCUT2D eigenvalue weighted by atomic mass is 32.2. The molecule has 7 nitrogen and oxygen atoms in total. The molecule has 0 aliphatic heterocycles. The Morgan fingerprint density at radius 2 is 1.97 bits per heavy atom. The lowest BCUT2D eigenvalue weighted by Gasteiger charge is -2.09. The van der Waals surface area contributed by atoms with Crippen molar-refractivity contribution < 1.29 is 9.72 Å². The molecule has 2 heterocycles. The lowest BCUT2D eigenvalue weighted by Crippen LogP contribution is -2.15. The molecule has 0 radical (unpaired) electrons. The average molecular weight is 422 g/mol. The number of fused-ring (bicyclic) bond motifs is 1. The maximum atomic E-state index is 12.9. The van der Waals surface area contributed by atoms with E-state index in [4.69, 9.17) is 0 Å². The van der Waals surface area contributed by atoms with Crippen molar-refractivity contribution in [3.63, 3.8) is 0 Å². The fourth-order valence-corrected chi connectivity index (χ4v) is 4.31. The highest BCUT2D eigenvalue weighted by Gasteiger charge is 2.23. The van der Waals surface area contributed by atoms with Crippen LogP contribution >= 0.6 is 23.1 Å². The number of rotatable bonds is 5. The van der Waals surface area contributed by atoms with Crippen molar-refractivity contribution >= 4 is 50.7 Å². The first-order valence-corrected chi connectivity index (χ1v) is 10.6.